The molecule has 0 saturated heterocycles. The van der Waals surface area contributed by atoms with Crippen LogP contribution in [0.5, 0.6) is 0 Å². The van der Waals surface area contributed by atoms with Gasteiger partial charge in [-0.05, 0) is 32.0 Å². The van der Waals surface area contributed by atoms with Crippen LogP contribution in [0, 0.1) is 0 Å². The maximum Gasteiger partial charge on any atom is 0.335 e. The highest BCUT2D eigenvalue weighted by Gasteiger charge is 2.31. The number of hydrogen-bond donors (Lipinski definition) is 1. The second-order valence-corrected chi connectivity index (χ2v) is 6.15. The third-order valence-corrected chi connectivity index (χ3v) is 4.45. The van der Waals surface area contributed by atoms with E-state index in [-0.39, 0.29) is 25.1 Å². The van der Waals surface area contributed by atoms with E-state index in [1.165, 1.54) is 6.07 Å². The highest BCUT2D eigenvalue weighted by atomic mass is 35.5. The molecule has 0 aromatic heterocycles. The first kappa shape index (κ1) is 17.6. The Balaban J connectivity index is 2.23. The molecule has 1 heterocycles. The smallest absolute Gasteiger partial charge is 0.335 e. The first-order valence-electron chi connectivity index (χ1n) is 7.25. The van der Waals surface area contributed by atoms with Crippen molar-refractivity contribution in [2.45, 2.75) is 26.3 Å². The summed E-state index contributed by atoms with van der Waals surface area (Å²) < 4.78 is 5.00. The molecule has 2 N–H and O–H groups in total. The molecule has 1 aromatic carbocycles. The van der Waals surface area contributed by atoms with Crippen LogP contribution in [0.4, 0.5) is 0 Å². The van der Waals surface area contributed by atoms with Gasteiger partial charge in [-0.2, -0.15) is 0 Å². The summed E-state index contributed by atoms with van der Waals surface area (Å²) in [5, 5.41) is 0.705. The Bertz CT molecular complexity index is 673. The molecule has 0 spiro atoms. The van der Waals surface area contributed by atoms with Gasteiger partial charge < -0.3 is 15.4 Å². The Morgan fingerprint density at radius 2 is 2.04 bits per heavy atom. The number of halogens is 2. The maximum atomic E-state index is 12.7. The van der Waals surface area contributed by atoms with E-state index in [9.17, 15) is 9.59 Å². The highest BCUT2D eigenvalue weighted by Crippen LogP contribution is 2.27. The second-order valence-electron chi connectivity index (χ2n) is 5.34. The summed E-state index contributed by atoms with van der Waals surface area (Å²) in [6.07, 6.45) is 0.359. The Morgan fingerprint density at radius 3 is 2.65 bits per heavy atom. The van der Waals surface area contributed by atoms with Gasteiger partial charge >= 0.3 is 5.97 Å². The van der Waals surface area contributed by atoms with Crippen molar-refractivity contribution in [3.8, 4) is 0 Å². The fourth-order valence-corrected chi connectivity index (χ4v) is 2.77. The van der Waals surface area contributed by atoms with Gasteiger partial charge in [0.05, 0.1) is 28.8 Å². The van der Waals surface area contributed by atoms with Crippen LogP contribution in [0.1, 0.15) is 30.6 Å². The lowest BCUT2D eigenvalue weighted by molar-refractivity contribution is -0.139. The Kier molecular flexibility index (Phi) is 5.55. The molecule has 23 heavy (non-hydrogen) atoms. The van der Waals surface area contributed by atoms with Crippen molar-refractivity contribution in [3.05, 3.63) is 45.1 Å². The van der Waals surface area contributed by atoms with Crippen LogP contribution in [-0.4, -0.2) is 36.0 Å². The maximum absolute atomic E-state index is 12.7. The Labute approximate surface area is 145 Å². The zero-order valence-electron chi connectivity index (χ0n) is 12.9. The summed E-state index contributed by atoms with van der Waals surface area (Å²) in [6.45, 7) is 4.06. The van der Waals surface area contributed by atoms with E-state index in [1.807, 2.05) is 6.92 Å². The monoisotopic (exact) mass is 356 g/mol. The first-order valence-corrected chi connectivity index (χ1v) is 8.01. The normalized spacial score (nSPS) is 18.1. The third kappa shape index (κ3) is 3.79. The Hall–Kier alpha value is -1.72. The Morgan fingerprint density at radius 1 is 1.35 bits per heavy atom. The third-order valence-electron chi connectivity index (χ3n) is 3.71. The number of hydrogen-bond acceptors (Lipinski definition) is 4. The van der Waals surface area contributed by atoms with Crippen molar-refractivity contribution in [2.24, 2.45) is 5.73 Å². The molecule has 0 fully saturated rings. The van der Waals surface area contributed by atoms with E-state index in [4.69, 9.17) is 33.7 Å². The van der Waals surface area contributed by atoms with Crippen molar-refractivity contribution in [1.29, 1.82) is 0 Å². The first-order chi connectivity index (χ1) is 10.8. The molecule has 1 aliphatic heterocycles. The molecule has 0 bridgehead atoms. The van der Waals surface area contributed by atoms with E-state index in [1.54, 1.807) is 24.0 Å². The summed E-state index contributed by atoms with van der Waals surface area (Å²) in [6, 6.07) is 4.54. The molecule has 1 atom stereocenters. The lowest BCUT2D eigenvalue weighted by atomic mass is 9.98. The van der Waals surface area contributed by atoms with Gasteiger partial charge in [-0.3, -0.25) is 4.79 Å². The molecule has 1 unspecified atom stereocenters. The molecule has 1 aromatic rings. The van der Waals surface area contributed by atoms with Crippen LogP contribution in [0.15, 0.2) is 29.5 Å². The number of carbonyl (C=O) groups excluding carboxylic acids is 2. The van der Waals surface area contributed by atoms with Gasteiger partial charge in [0.2, 0.25) is 0 Å². The molecule has 7 heteroatoms. The number of carbonyl (C=O) groups is 2. The van der Waals surface area contributed by atoms with E-state index in [0.29, 0.717) is 33.3 Å². The minimum atomic E-state index is -0.418. The SMILES string of the molecule is CCOC(=O)C1=C(N)CN(C(=O)c2ccc(Cl)c(Cl)c2)C(C)C1. The molecular weight excluding hydrogens is 339 g/mol. The second kappa shape index (κ2) is 7.23. The standard InChI is InChI=1S/C16H18Cl2N2O3/c1-3-23-16(22)11-6-9(2)20(8-14(11)19)15(21)10-4-5-12(17)13(18)7-10/h4-5,7,9H,3,6,8,19H2,1-2H3. The van der Waals surface area contributed by atoms with E-state index < -0.39 is 5.97 Å². The van der Waals surface area contributed by atoms with Gasteiger partial charge in [0.15, 0.2) is 0 Å². The van der Waals surface area contributed by atoms with Crippen LogP contribution in [-0.2, 0) is 9.53 Å². The van der Waals surface area contributed by atoms with Crippen molar-refractivity contribution >= 4 is 35.1 Å². The van der Waals surface area contributed by atoms with Gasteiger partial charge in [-0.15, -0.1) is 0 Å². The van der Waals surface area contributed by atoms with E-state index >= 15 is 0 Å². The van der Waals surface area contributed by atoms with E-state index in [2.05, 4.69) is 0 Å². The van der Waals surface area contributed by atoms with Crippen LogP contribution < -0.4 is 5.73 Å². The number of benzene rings is 1. The summed E-state index contributed by atoms with van der Waals surface area (Å²) >= 11 is 11.8. The van der Waals surface area contributed by atoms with Crippen molar-refractivity contribution in [3.63, 3.8) is 0 Å². The quantitative estimate of drug-likeness (QED) is 0.844. The summed E-state index contributed by atoms with van der Waals surface area (Å²) in [5.74, 6) is -0.625. The average Bonchev–Trinajstić information content (AvgIpc) is 2.51. The van der Waals surface area contributed by atoms with Crippen molar-refractivity contribution in [2.75, 3.05) is 13.2 Å². The minimum Gasteiger partial charge on any atom is -0.463 e. The lowest BCUT2D eigenvalue weighted by Crippen LogP contribution is -2.45. The lowest BCUT2D eigenvalue weighted by Gasteiger charge is -2.34. The molecule has 124 valence electrons. The van der Waals surface area contributed by atoms with Gasteiger partial charge in [0, 0.05) is 23.7 Å². The van der Waals surface area contributed by atoms with Gasteiger partial charge in [0.25, 0.3) is 5.91 Å². The number of amides is 1. The number of nitrogens with two attached hydrogens (primary N) is 1. The van der Waals surface area contributed by atoms with Crippen molar-refractivity contribution in [1.82, 2.24) is 4.90 Å². The number of rotatable bonds is 3. The van der Waals surface area contributed by atoms with Gasteiger partial charge in [0.1, 0.15) is 0 Å². The predicted molar refractivity (Wildman–Crippen MR) is 89.4 cm³/mol. The molecule has 2 rings (SSSR count). The van der Waals surface area contributed by atoms with E-state index in [0.717, 1.165) is 0 Å². The summed E-state index contributed by atoms with van der Waals surface area (Å²) in [7, 11) is 0. The summed E-state index contributed by atoms with van der Waals surface area (Å²) in [4.78, 5) is 26.1. The molecule has 1 amide bonds. The molecule has 1 aliphatic rings. The highest BCUT2D eigenvalue weighted by molar-refractivity contribution is 6.42. The van der Waals surface area contributed by atoms with Gasteiger partial charge in [-0.25, -0.2) is 4.79 Å². The zero-order chi connectivity index (χ0) is 17.1. The fourth-order valence-electron chi connectivity index (χ4n) is 2.47. The van der Waals surface area contributed by atoms with Crippen molar-refractivity contribution < 1.29 is 14.3 Å². The largest absolute Gasteiger partial charge is 0.463 e. The topological polar surface area (TPSA) is 72.6 Å². The molecule has 0 radical (unpaired) electrons. The predicted octanol–water partition coefficient (Wildman–Crippen LogP) is 3.00. The number of nitrogens with zero attached hydrogens (tertiary/aromatic N) is 1. The van der Waals surface area contributed by atoms with Crippen LogP contribution in [0.2, 0.25) is 10.0 Å². The number of ether oxygens (including phenoxy) is 1. The molecular formula is C16H18Cl2N2O3. The average molecular weight is 357 g/mol. The van der Waals surface area contributed by atoms with Crippen LogP contribution in [0.25, 0.3) is 0 Å². The van der Waals surface area contributed by atoms with Crippen LogP contribution in [0.3, 0.4) is 0 Å². The van der Waals surface area contributed by atoms with Crippen LogP contribution >= 0.6 is 23.2 Å². The molecule has 0 aliphatic carbocycles. The molecule has 0 saturated carbocycles. The minimum absolute atomic E-state index is 0.175. The zero-order valence-corrected chi connectivity index (χ0v) is 14.4. The van der Waals surface area contributed by atoms with Gasteiger partial charge in [-0.1, -0.05) is 23.2 Å². The summed E-state index contributed by atoms with van der Waals surface area (Å²) in [5.41, 5.74) is 7.20. The molecule has 5 nitrogen and oxygen atoms in total. The number of esters is 1. The fraction of sp³-hybridized carbons (Fsp3) is 0.375.